The summed E-state index contributed by atoms with van der Waals surface area (Å²) in [6.45, 7) is 0.818. The Bertz CT molecular complexity index is 954. The normalized spacial score (nSPS) is 17.6. The van der Waals surface area contributed by atoms with Gasteiger partial charge in [-0.2, -0.15) is 0 Å². The molecule has 0 aromatic heterocycles. The molecule has 1 saturated heterocycles. The van der Waals surface area contributed by atoms with Crippen LogP contribution in [0.2, 0.25) is 0 Å². The second kappa shape index (κ2) is 9.29. The second-order valence-electron chi connectivity index (χ2n) is 8.21. The summed E-state index contributed by atoms with van der Waals surface area (Å²) >= 11 is 0. The first-order valence-electron chi connectivity index (χ1n) is 10.7. The van der Waals surface area contributed by atoms with E-state index in [1.54, 1.807) is 41.3 Å². The monoisotopic (exact) mass is 423 g/mol. The Labute approximate surface area is 180 Å². The molecule has 4 rings (SSSR count). The highest BCUT2D eigenvalue weighted by Crippen LogP contribution is 2.25. The summed E-state index contributed by atoms with van der Waals surface area (Å²) in [6.07, 6.45) is 3.03. The maximum atomic E-state index is 14.0. The highest BCUT2D eigenvalue weighted by molar-refractivity contribution is 5.98. The predicted octanol–water partition coefficient (Wildman–Crippen LogP) is 2.76. The zero-order chi connectivity index (χ0) is 21.8. The van der Waals surface area contributed by atoms with E-state index >= 15 is 0 Å². The van der Waals surface area contributed by atoms with Crippen molar-refractivity contribution in [1.29, 1.82) is 0 Å². The van der Waals surface area contributed by atoms with Gasteiger partial charge in [-0.15, -0.1) is 0 Å². The molecule has 6 nitrogen and oxygen atoms in total. The molecule has 0 spiro atoms. The van der Waals surface area contributed by atoms with Crippen LogP contribution in [0.5, 0.6) is 0 Å². The van der Waals surface area contributed by atoms with E-state index in [4.69, 9.17) is 0 Å². The number of amides is 3. The molecule has 1 saturated carbocycles. The standard InChI is InChI=1S/C24H26FN3O3/c25-20-9-5-4-8-19(20)24(31)28-14-12-16(13-15-28)21(23(30)26-18-10-11-18)27-22(29)17-6-2-1-3-7-17/h1-9,16,18,21H,10-15H2,(H,26,30)(H,27,29)/t21-/m0/s1. The molecule has 2 aliphatic rings. The van der Waals surface area contributed by atoms with Crippen molar-refractivity contribution in [3.63, 3.8) is 0 Å². The number of carbonyl (C=O) groups excluding carboxylic acids is 3. The fourth-order valence-corrected chi connectivity index (χ4v) is 3.97. The number of likely N-dealkylation sites (tertiary alicyclic amines) is 1. The topological polar surface area (TPSA) is 78.5 Å². The molecular weight excluding hydrogens is 397 g/mol. The molecule has 2 aromatic rings. The van der Waals surface area contributed by atoms with Gasteiger partial charge >= 0.3 is 0 Å². The van der Waals surface area contributed by atoms with Crippen molar-refractivity contribution in [1.82, 2.24) is 15.5 Å². The third-order valence-corrected chi connectivity index (χ3v) is 5.93. The van der Waals surface area contributed by atoms with Gasteiger partial charge in [0.25, 0.3) is 11.8 Å². The van der Waals surface area contributed by atoms with Gasteiger partial charge in [-0.1, -0.05) is 30.3 Å². The SMILES string of the molecule is O=C(N[C@H](C(=O)NC1CC1)C1CCN(C(=O)c2ccccc2F)CC1)c1ccccc1. The van der Waals surface area contributed by atoms with E-state index in [1.807, 2.05) is 6.07 Å². The molecule has 0 unspecified atom stereocenters. The fraction of sp³-hybridized carbons (Fsp3) is 0.375. The Hall–Kier alpha value is -3.22. The van der Waals surface area contributed by atoms with Crippen molar-refractivity contribution in [3.05, 3.63) is 71.5 Å². The van der Waals surface area contributed by atoms with E-state index in [9.17, 15) is 18.8 Å². The number of benzene rings is 2. The number of nitrogens with zero attached hydrogens (tertiary/aromatic N) is 1. The van der Waals surface area contributed by atoms with Crippen molar-refractivity contribution < 1.29 is 18.8 Å². The lowest BCUT2D eigenvalue weighted by Crippen LogP contribution is -2.54. The predicted molar refractivity (Wildman–Crippen MR) is 114 cm³/mol. The van der Waals surface area contributed by atoms with Gasteiger partial charge in [0.15, 0.2) is 0 Å². The van der Waals surface area contributed by atoms with Crippen LogP contribution in [0.4, 0.5) is 4.39 Å². The molecule has 1 atom stereocenters. The lowest BCUT2D eigenvalue weighted by molar-refractivity contribution is -0.124. The Morgan fingerprint density at radius 3 is 2.19 bits per heavy atom. The number of hydrogen-bond donors (Lipinski definition) is 2. The number of nitrogens with one attached hydrogen (secondary N) is 2. The largest absolute Gasteiger partial charge is 0.352 e. The Morgan fingerprint density at radius 1 is 0.903 bits per heavy atom. The minimum absolute atomic E-state index is 0.0568. The lowest BCUT2D eigenvalue weighted by Gasteiger charge is -2.36. The summed E-state index contributed by atoms with van der Waals surface area (Å²) in [4.78, 5) is 39.9. The van der Waals surface area contributed by atoms with Gasteiger partial charge in [0.2, 0.25) is 5.91 Å². The minimum Gasteiger partial charge on any atom is -0.352 e. The van der Waals surface area contributed by atoms with Crippen molar-refractivity contribution >= 4 is 17.7 Å². The van der Waals surface area contributed by atoms with Crippen LogP contribution in [-0.2, 0) is 4.79 Å². The van der Waals surface area contributed by atoms with Crippen LogP contribution >= 0.6 is 0 Å². The van der Waals surface area contributed by atoms with Gasteiger partial charge in [-0.05, 0) is 55.9 Å². The average Bonchev–Trinajstić information content (AvgIpc) is 3.62. The van der Waals surface area contributed by atoms with Crippen molar-refractivity contribution in [3.8, 4) is 0 Å². The average molecular weight is 423 g/mol. The van der Waals surface area contributed by atoms with Crippen LogP contribution in [-0.4, -0.2) is 47.8 Å². The van der Waals surface area contributed by atoms with Crippen molar-refractivity contribution in [2.75, 3.05) is 13.1 Å². The van der Waals surface area contributed by atoms with Crippen molar-refractivity contribution in [2.45, 2.75) is 37.8 Å². The van der Waals surface area contributed by atoms with Crippen LogP contribution < -0.4 is 10.6 Å². The van der Waals surface area contributed by atoms with Crippen LogP contribution in [0.1, 0.15) is 46.4 Å². The van der Waals surface area contributed by atoms with E-state index in [2.05, 4.69) is 10.6 Å². The highest BCUT2D eigenvalue weighted by atomic mass is 19.1. The van der Waals surface area contributed by atoms with Crippen LogP contribution in [0, 0.1) is 11.7 Å². The number of halogens is 1. The first-order chi connectivity index (χ1) is 15.0. The molecule has 162 valence electrons. The molecule has 0 bridgehead atoms. The maximum Gasteiger partial charge on any atom is 0.256 e. The van der Waals surface area contributed by atoms with Crippen molar-refractivity contribution in [2.24, 2.45) is 5.92 Å². The number of hydrogen-bond acceptors (Lipinski definition) is 3. The molecule has 3 amide bonds. The number of carbonyl (C=O) groups is 3. The molecule has 0 radical (unpaired) electrons. The zero-order valence-corrected chi connectivity index (χ0v) is 17.2. The van der Waals surface area contributed by atoms with Gasteiger partial charge in [0.1, 0.15) is 11.9 Å². The first kappa shape index (κ1) is 21.0. The Balaban J connectivity index is 1.42. The van der Waals surface area contributed by atoms with Crippen LogP contribution in [0.15, 0.2) is 54.6 Å². The van der Waals surface area contributed by atoms with Gasteiger partial charge in [-0.3, -0.25) is 14.4 Å². The van der Waals surface area contributed by atoms with Gasteiger partial charge in [-0.25, -0.2) is 4.39 Å². The number of rotatable bonds is 6. The molecule has 2 N–H and O–H groups in total. The molecule has 7 heteroatoms. The molecule has 2 fully saturated rings. The Kier molecular flexibility index (Phi) is 6.30. The summed E-state index contributed by atoms with van der Waals surface area (Å²) in [5.41, 5.74) is 0.556. The summed E-state index contributed by atoms with van der Waals surface area (Å²) in [6, 6.07) is 14.3. The molecule has 31 heavy (non-hydrogen) atoms. The first-order valence-corrected chi connectivity index (χ1v) is 10.7. The summed E-state index contributed by atoms with van der Waals surface area (Å²) in [5.74, 6) is -1.45. The third kappa shape index (κ3) is 5.10. The minimum atomic E-state index is -0.668. The second-order valence-corrected chi connectivity index (χ2v) is 8.21. The molecule has 1 aliphatic carbocycles. The van der Waals surface area contributed by atoms with Gasteiger partial charge in [0, 0.05) is 24.7 Å². The molecule has 1 heterocycles. The smallest absolute Gasteiger partial charge is 0.256 e. The van der Waals surface area contributed by atoms with Gasteiger partial charge < -0.3 is 15.5 Å². The van der Waals surface area contributed by atoms with E-state index < -0.39 is 11.9 Å². The molecule has 1 aliphatic heterocycles. The highest BCUT2D eigenvalue weighted by Gasteiger charge is 2.36. The van der Waals surface area contributed by atoms with Crippen LogP contribution in [0.3, 0.4) is 0 Å². The molecular formula is C24H26FN3O3. The van der Waals surface area contributed by atoms with Gasteiger partial charge in [0.05, 0.1) is 5.56 Å². The fourth-order valence-electron chi connectivity index (χ4n) is 3.97. The quantitative estimate of drug-likeness (QED) is 0.750. The summed E-state index contributed by atoms with van der Waals surface area (Å²) < 4.78 is 14.0. The van der Waals surface area contributed by atoms with E-state index in [1.165, 1.54) is 12.1 Å². The third-order valence-electron chi connectivity index (χ3n) is 5.93. The molecule has 2 aromatic carbocycles. The number of piperidine rings is 1. The van der Waals surface area contributed by atoms with E-state index in [0.29, 0.717) is 31.5 Å². The Morgan fingerprint density at radius 2 is 1.55 bits per heavy atom. The lowest BCUT2D eigenvalue weighted by atomic mass is 9.88. The van der Waals surface area contributed by atoms with E-state index in [-0.39, 0.29) is 35.2 Å². The summed E-state index contributed by atoms with van der Waals surface area (Å²) in [7, 11) is 0. The zero-order valence-electron chi connectivity index (χ0n) is 17.2. The summed E-state index contributed by atoms with van der Waals surface area (Å²) in [5, 5.41) is 5.90. The van der Waals surface area contributed by atoms with E-state index in [0.717, 1.165) is 12.8 Å². The van der Waals surface area contributed by atoms with Crippen LogP contribution in [0.25, 0.3) is 0 Å². The maximum absolute atomic E-state index is 14.0.